The van der Waals surface area contributed by atoms with Crippen LogP contribution in [-0.2, 0) is 0 Å². The maximum Gasteiger partial charge on any atom is 0.0550 e. The third-order valence-electron chi connectivity index (χ3n) is 3.69. The molecule has 0 radical (unpaired) electrons. The van der Waals surface area contributed by atoms with E-state index in [2.05, 4.69) is 50.3 Å². The Hall–Kier alpha value is -0.470. The molecule has 23 heavy (non-hydrogen) atoms. The van der Waals surface area contributed by atoms with E-state index >= 15 is 0 Å². The van der Waals surface area contributed by atoms with Gasteiger partial charge in [-0.3, -0.25) is 0 Å². The SMILES string of the molecule is CCC=CCC=CCC=CCCCCCCC(CO)SCCC. The monoisotopic (exact) mass is 338 g/mol. The molecule has 0 bridgehead atoms. The fourth-order valence-electron chi connectivity index (χ4n) is 2.33. The quantitative estimate of drug-likeness (QED) is 0.250. The second kappa shape index (κ2) is 19.6. The molecule has 1 unspecified atom stereocenters. The number of thioether (sulfide) groups is 1. The maximum absolute atomic E-state index is 9.32. The zero-order valence-electron chi connectivity index (χ0n) is 15.4. The van der Waals surface area contributed by atoms with Crippen molar-refractivity contribution < 1.29 is 5.11 Å². The van der Waals surface area contributed by atoms with E-state index in [0.717, 1.165) is 19.3 Å². The number of hydrogen-bond donors (Lipinski definition) is 1. The molecule has 0 spiro atoms. The summed E-state index contributed by atoms with van der Waals surface area (Å²) in [4.78, 5) is 0. The summed E-state index contributed by atoms with van der Waals surface area (Å²) in [6.45, 7) is 4.71. The standard InChI is InChI=1S/C21H38OS/c1-3-5-6-7-8-9-10-11-12-13-14-15-16-17-18-21(20-22)23-19-4-2/h5-6,8-9,11-12,21-22H,3-4,7,10,13-20H2,1-2H3. The van der Waals surface area contributed by atoms with Crippen LogP contribution in [0.2, 0.25) is 0 Å². The highest BCUT2D eigenvalue weighted by Crippen LogP contribution is 2.18. The van der Waals surface area contributed by atoms with Crippen LogP contribution in [0, 0.1) is 0 Å². The summed E-state index contributed by atoms with van der Waals surface area (Å²) in [7, 11) is 0. The van der Waals surface area contributed by atoms with Crippen molar-refractivity contribution in [2.24, 2.45) is 0 Å². The zero-order chi connectivity index (χ0) is 17.0. The molecule has 134 valence electrons. The Morgan fingerprint density at radius 3 is 2.13 bits per heavy atom. The van der Waals surface area contributed by atoms with Crippen LogP contribution in [0.3, 0.4) is 0 Å². The predicted molar refractivity (Wildman–Crippen MR) is 108 cm³/mol. The number of rotatable bonds is 16. The van der Waals surface area contributed by atoms with Gasteiger partial charge in [0, 0.05) is 5.25 Å². The lowest BCUT2D eigenvalue weighted by molar-refractivity contribution is 0.288. The minimum Gasteiger partial charge on any atom is -0.395 e. The molecule has 1 atom stereocenters. The number of hydrogen-bond acceptors (Lipinski definition) is 2. The van der Waals surface area contributed by atoms with Crippen LogP contribution in [0.25, 0.3) is 0 Å². The van der Waals surface area contributed by atoms with Crippen LogP contribution in [-0.4, -0.2) is 22.7 Å². The second-order valence-electron chi connectivity index (χ2n) is 5.96. The van der Waals surface area contributed by atoms with Crippen LogP contribution < -0.4 is 0 Å². The van der Waals surface area contributed by atoms with Gasteiger partial charge in [0.15, 0.2) is 0 Å². The van der Waals surface area contributed by atoms with Gasteiger partial charge in [0.2, 0.25) is 0 Å². The lowest BCUT2D eigenvalue weighted by Gasteiger charge is -2.12. The third-order valence-corrected chi connectivity index (χ3v) is 5.19. The summed E-state index contributed by atoms with van der Waals surface area (Å²) < 4.78 is 0. The van der Waals surface area contributed by atoms with E-state index in [4.69, 9.17) is 0 Å². The number of unbranched alkanes of at least 4 members (excludes halogenated alkanes) is 4. The molecule has 1 nitrogen and oxygen atoms in total. The van der Waals surface area contributed by atoms with Crippen molar-refractivity contribution in [3.05, 3.63) is 36.5 Å². The van der Waals surface area contributed by atoms with Crippen molar-refractivity contribution in [1.82, 2.24) is 0 Å². The molecule has 0 saturated heterocycles. The average Bonchev–Trinajstić information content (AvgIpc) is 2.57. The molecule has 0 aromatic heterocycles. The second-order valence-corrected chi connectivity index (χ2v) is 7.37. The van der Waals surface area contributed by atoms with E-state index in [0.29, 0.717) is 11.9 Å². The average molecular weight is 339 g/mol. The van der Waals surface area contributed by atoms with Gasteiger partial charge < -0.3 is 5.11 Å². The van der Waals surface area contributed by atoms with E-state index in [1.165, 1.54) is 50.7 Å². The molecule has 0 aliphatic rings. The summed E-state index contributed by atoms with van der Waals surface area (Å²) in [6.07, 6.45) is 25.6. The van der Waals surface area contributed by atoms with Crippen LogP contribution in [0.4, 0.5) is 0 Å². The highest BCUT2D eigenvalue weighted by atomic mass is 32.2. The van der Waals surface area contributed by atoms with Crippen LogP contribution >= 0.6 is 11.8 Å². The van der Waals surface area contributed by atoms with E-state index in [9.17, 15) is 5.11 Å². The molecule has 0 saturated carbocycles. The Kier molecular flexibility index (Phi) is 19.2. The molecule has 0 aliphatic heterocycles. The fourth-order valence-corrected chi connectivity index (χ4v) is 3.33. The molecule has 0 amide bonds. The van der Waals surface area contributed by atoms with Gasteiger partial charge in [-0.2, -0.15) is 11.8 Å². The summed E-state index contributed by atoms with van der Waals surface area (Å²) in [5.41, 5.74) is 0. The number of allylic oxidation sites excluding steroid dienone is 6. The Bertz CT molecular complexity index is 307. The lowest BCUT2D eigenvalue weighted by atomic mass is 10.1. The van der Waals surface area contributed by atoms with Gasteiger partial charge in [-0.05, 0) is 50.7 Å². The highest BCUT2D eigenvalue weighted by Gasteiger charge is 2.06. The van der Waals surface area contributed by atoms with Crippen LogP contribution in [0.1, 0.15) is 78.1 Å². The first kappa shape index (κ1) is 22.5. The largest absolute Gasteiger partial charge is 0.395 e. The van der Waals surface area contributed by atoms with Crippen molar-refractivity contribution in [3.63, 3.8) is 0 Å². The predicted octanol–water partition coefficient (Wildman–Crippen LogP) is 6.69. The molecule has 0 aromatic carbocycles. The number of aliphatic hydroxyl groups is 1. The number of aliphatic hydroxyl groups excluding tert-OH is 1. The normalized spacial score (nSPS) is 13.7. The van der Waals surface area contributed by atoms with Crippen molar-refractivity contribution in [2.45, 2.75) is 83.3 Å². The van der Waals surface area contributed by atoms with Gasteiger partial charge >= 0.3 is 0 Å². The third kappa shape index (κ3) is 17.7. The zero-order valence-corrected chi connectivity index (χ0v) is 16.2. The molecule has 0 rings (SSSR count). The molecular weight excluding hydrogens is 300 g/mol. The fraction of sp³-hybridized carbons (Fsp3) is 0.714. The van der Waals surface area contributed by atoms with Crippen molar-refractivity contribution in [2.75, 3.05) is 12.4 Å². The minimum absolute atomic E-state index is 0.342. The Morgan fingerprint density at radius 2 is 1.48 bits per heavy atom. The van der Waals surface area contributed by atoms with E-state index in [1.807, 2.05) is 11.8 Å². The molecular formula is C21H38OS. The van der Waals surface area contributed by atoms with Crippen molar-refractivity contribution >= 4 is 11.8 Å². The summed E-state index contributed by atoms with van der Waals surface area (Å²) >= 11 is 1.94. The summed E-state index contributed by atoms with van der Waals surface area (Å²) in [5.74, 6) is 1.18. The Morgan fingerprint density at radius 1 is 0.826 bits per heavy atom. The van der Waals surface area contributed by atoms with Crippen LogP contribution in [0.5, 0.6) is 0 Å². The Labute approximate surface area is 149 Å². The molecule has 1 N–H and O–H groups in total. The first-order valence-electron chi connectivity index (χ1n) is 9.52. The summed E-state index contributed by atoms with van der Waals surface area (Å²) in [6, 6.07) is 0. The maximum atomic E-state index is 9.32. The first-order valence-corrected chi connectivity index (χ1v) is 10.6. The molecule has 2 heteroatoms. The van der Waals surface area contributed by atoms with E-state index in [1.54, 1.807) is 0 Å². The minimum atomic E-state index is 0.342. The highest BCUT2D eigenvalue weighted by molar-refractivity contribution is 7.99. The van der Waals surface area contributed by atoms with Crippen molar-refractivity contribution in [1.29, 1.82) is 0 Å². The Balaban J connectivity index is 3.37. The van der Waals surface area contributed by atoms with E-state index < -0.39 is 0 Å². The summed E-state index contributed by atoms with van der Waals surface area (Å²) in [5, 5.41) is 9.78. The van der Waals surface area contributed by atoms with Gasteiger partial charge in [-0.1, -0.05) is 69.6 Å². The smallest absolute Gasteiger partial charge is 0.0550 e. The molecule has 0 heterocycles. The van der Waals surface area contributed by atoms with Gasteiger partial charge in [0.25, 0.3) is 0 Å². The molecule has 0 aromatic rings. The van der Waals surface area contributed by atoms with Gasteiger partial charge in [-0.25, -0.2) is 0 Å². The topological polar surface area (TPSA) is 20.2 Å². The van der Waals surface area contributed by atoms with Gasteiger partial charge in [0.05, 0.1) is 6.61 Å². The van der Waals surface area contributed by atoms with Crippen LogP contribution in [0.15, 0.2) is 36.5 Å². The first-order chi connectivity index (χ1) is 11.3. The van der Waals surface area contributed by atoms with Gasteiger partial charge in [0.1, 0.15) is 0 Å². The van der Waals surface area contributed by atoms with E-state index in [-0.39, 0.29) is 0 Å². The lowest BCUT2D eigenvalue weighted by Crippen LogP contribution is -2.09. The molecule has 0 fully saturated rings. The van der Waals surface area contributed by atoms with Gasteiger partial charge in [-0.15, -0.1) is 0 Å². The molecule has 0 aliphatic carbocycles. The van der Waals surface area contributed by atoms with Crippen molar-refractivity contribution in [3.8, 4) is 0 Å².